The molecule has 0 atom stereocenters. The summed E-state index contributed by atoms with van der Waals surface area (Å²) in [6.07, 6.45) is 0. The number of nitrogens with one attached hydrogen (secondary N) is 1. The smallest absolute Gasteiger partial charge is 0.279 e. The summed E-state index contributed by atoms with van der Waals surface area (Å²) in [7, 11) is 0. The van der Waals surface area contributed by atoms with Crippen LogP contribution < -0.4 is 5.32 Å². The summed E-state index contributed by atoms with van der Waals surface area (Å²) in [4.78, 5) is 13.2. The number of rotatable bonds is 4. The first-order valence-corrected chi connectivity index (χ1v) is 8.70. The zero-order valence-corrected chi connectivity index (χ0v) is 13.8. The summed E-state index contributed by atoms with van der Waals surface area (Å²) < 4.78 is 5.21. The summed E-state index contributed by atoms with van der Waals surface area (Å²) in [5.41, 5.74) is 1.16. The van der Waals surface area contributed by atoms with Crippen LogP contribution in [0.2, 0.25) is 0 Å². The lowest BCUT2D eigenvalue weighted by Gasteiger charge is -1.95. The second kappa shape index (κ2) is 6.34. The number of amides is 1. The van der Waals surface area contributed by atoms with E-state index in [4.69, 9.17) is 4.52 Å². The molecule has 6 nitrogen and oxygen atoms in total. The van der Waals surface area contributed by atoms with Crippen LogP contribution in [-0.2, 0) is 0 Å². The highest BCUT2D eigenvalue weighted by atomic mass is 32.1. The standard InChI is InChI=1S/C16H10N4O2S2/c21-14(11-9-12(22-20-11)13-7-4-8-23-13)17-16-19-18-15(24-16)10-5-2-1-3-6-10/h1-9H,(H,17,19,21). The molecule has 1 N–H and O–H groups in total. The Labute approximate surface area is 144 Å². The van der Waals surface area contributed by atoms with Crippen LogP contribution in [0, 0.1) is 0 Å². The molecule has 1 amide bonds. The zero-order chi connectivity index (χ0) is 16.4. The summed E-state index contributed by atoms with van der Waals surface area (Å²) >= 11 is 2.82. The Morgan fingerprint density at radius 3 is 2.75 bits per heavy atom. The van der Waals surface area contributed by atoms with Crippen LogP contribution >= 0.6 is 22.7 Å². The molecule has 1 aromatic carbocycles. The molecule has 24 heavy (non-hydrogen) atoms. The van der Waals surface area contributed by atoms with E-state index in [2.05, 4.69) is 20.7 Å². The van der Waals surface area contributed by atoms with E-state index in [-0.39, 0.29) is 11.6 Å². The quantitative estimate of drug-likeness (QED) is 0.595. The van der Waals surface area contributed by atoms with Gasteiger partial charge in [-0.25, -0.2) is 0 Å². The van der Waals surface area contributed by atoms with E-state index in [0.717, 1.165) is 15.4 Å². The van der Waals surface area contributed by atoms with E-state index >= 15 is 0 Å². The van der Waals surface area contributed by atoms with E-state index in [1.165, 1.54) is 22.7 Å². The van der Waals surface area contributed by atoms with Crippen LogP contribution in [0.4, 0.5) is 5.13 Å². The number of carbonyl (C=O) groups is 1. The molecule has 4 aromatic rings. The van der Waals surface area contributed by atoms with Gasteiger partial charge in [0.05, 0.1) is 4.88 Å². The van der Waals surface area contributed by atoms with Gasteiger partial charge in [-0.05, 0) is 11.4 Å². The van der Waals surface area contributed by atoms with Crippen LogP contribution in [0.5, 0.6) is 0 Å². The van der Waals surface area contributed by atoms with Gasteiger partial charge in [0.2, 0.25) is 5.13 Å². The first-order valence-electron chi connectivity index (χ1n) is 7.00. The molecule has 0 radical (unpaired) electrons. The fourth-order valence-electron chi connectivity index (χ4n) is 2.05. The molecule has 0 unspecified atom stereocenters. The number of anilines is 1. The summed E-state index contributed by atoms with van der Waals surface area (Å²) in [6.45, 7) is 0. The number of thiophene rings is 1. The third-order valence-corrected chi connectivity index (χ3v) is 4.95. The number of hydrogen-bond donors (Lipinski definition) is 1. The van der Waals surface area contributed by atoms with E-state index < -0.39 is 0 Å². The van der Waals surface area contributed by atoms with Gasteiger partial charge in [0.25, 0.3) is 5.91 Å². The highest BCUT2D eigenvalue weighted by Gasteiger charge is 2.16. The van der Waals surface area contributed by atoms with Crippen molar-refractivity contribution >= 4 is 33.7 Å². The van der Waals surface area contributed by atoms with Gasteiger partial charge in [-0.1, -0.05) is 52.9 Å². The average Bonchev–Trinajstić information content (AvgIpc) is 3.36. The van der Waals surface area contributed by atoms with Gasteiger partial charge in [-0.2, -0.15) is 0 Å². The summed E-state index contributed by atoms with van der Waals surface area (Å²) in [6, 6.07) is 15.1. The second-order valence-corrected chi connectivity index (χ2v) is 6.71. The first-order chi connectivity index (χ1) is 11.8. The fourth-order valence-corrected chi connectivity index (χ4v) is 3.47. The van der Waals surface area contributed by atoms with Crippen molar-refractivity contribution in [2.24, 2.45) is 0 Å². The topological polar surface area (TPSA) is 80.9 Å². The third-order valence-electron chi connectivity index (χ3n) is 3.17. The second-order valence-electron chi connectivity index (χ2n) is 4.79. The summed E-state index contributed by atoms with van der Waals surface area (Å²) in [5.74, 6) is 0.190. The Morgan fingerprint density at radius 2 is 1.96 bits per heavy atom. The lowest BCUT2D eigenvalue weighted by molar-refractivity contribution is 0.101. The lowest BCUT2D eigenvalue weighted by Crippen LogP contribution is -2.11. The van der Waals surface area contributed by atoms with Crippen LogP contribution in [0.1, 0.15) is 10.5 Å². The van der Waals surface area contributed by atoms with Crippen LogP contribution in [0.3, 0.4) is 0 Å². The Morgan fingerprint density at radius 1 is 1.08 bits per heavy atom. The van der Waals surface area contributed by atoms with Crippen LogP contribution in [0.15, 0.2) is 58.4 Å². The van der Waals surface area contributed by atoms with Crippen molar-refractivity contribution in [1.82, 2.24) is 15.4 Å². The average molecular weight is 354 g/mol. The Hall–Kier alpha value is -2.84. The molecule has 0 fully saturated rings. The lowest BCUT2D eigenvalue weighted by atomic mass is 10.2. The fraction of sp³-hybridized carbons (Fsp3) is 0. The van der Waals surface area contributed by atoms with Crippen molar-refractivity contribution in [1.29, 1.82) is 0 Å². The van der Waals surface area contributed by atoms with Gasteiger partial charge in [-0.15, -0.1) is 21.5 Å². The van der Waals surface area contributed by atoms with E-state index in [1.807, 2.05) is 47.8 Å². The van der Waals surface area contributed by atoms with Crippen molar-refractivity contribution in [3.63, 3.8) is 0 Å². The van der Waals surface area contributed by atoms with Gasteiger partial charge in [0.15, 0.2) is 11.5 Å². The van der Waals surface area contributed by atoms with Crippen molar-refractivity contribution in [3.05, 3.63) is 59.6 Å². The maximum Gasteiger partial charge on any atom is 0.279 e. The number of hydrogen-bond acceptors (Lipinski definition) is 7. The predicted molar refractivity (Wildman–Crippen MR) is 93.1 cm³/mol. The number of benzene rings is 1. The Kier molecular flexibility index (Phi) is 3.89. The molecule has 0 spiro atoms. The van der Waals surface area contributed by atoms with Gasteiger partial charge >= 0.3 is 0 Å². The molecule has 3 aromatic heterocycles. The third kappa shape index (κ3) is 2.97. The molecule has 3 heterocycles. The molecule has 0 saturated heterocycles. The minimum absolute atomic E-state index is 0.204. The minimum atomic E-state index is -0.377. The number of carbonyl (C=O) groups excluding carboxylic acids is 1. The molecule has 8 heteroatoms. The maximum absolute atomic E-state index is 12.3. The minimum Gasteiger partial charge on any atom is -0.355 e. The predicted octanol–water partition coefficient (Wildman–Crippen LogP) is 4.17. The Bertz CT molecular complexity index is 961. The SMILES string of the molecule is O=C(Nc1nnc(-c2ccccc2)s1)c1cc(-c2cccs2)on1. The normalized spacial score (nSPS) is 10.7. The van der Waals surface area contributed by atoms with Crippen molar-refractivity contribution in [2.45, 2.75) is 0 Å². The number of nitrogens with zero attached hydrogens (tertiary/aromatic N) is 3. The van der Waals surface area contributed by atoms with Crippen molar-refractivity contribution < 1.29 is 9.32 Å². The first kappa shape index (κ1) is 14.7. The molecular formula is C16H10N4O2S2. The van der Waals surface area contributed by atoms with Gasteiger partial charge in [-0.3, -0.25) is 10.1 Å². The molecular weight excluding hydrogens is 344 g/mol. The molecule has 0 bridgehead atoms. The zero-order valence-electron chi connectivity index (χ0n) is 12.2. The molecule has 4 rings (SSSR count). The van der Waals surface area contributed by atoms with Crippen molar-refractivity contribution in [3.8, 4) is 21.2 Å². The van der Waals surface area contributed by atoms with E-state index in [1.54, 1.807) is 6.07 Å². The highest BCUT2D eigenvalue weighted by Crippen LogP contribution is 2.27. The monoisotopic (exact) mass is 354 g/mol. The highest BCUT2D eigenvalue weighted by molar-refractivity contribution is 7.18. The molecule has 0 aliphatic heterocycles. The number of aromatic nitrogens is 3. The van der Waals surface area contributed by atoms with Crippen LogP contribution in [0.25, 0.3) is 21.2 Å². The molecule has 118 valence electrons. The van der Waals surface area contributed by atoms with Crippen molar-refractivity contribution in [2.75, 3.05) is 5.32 Å². The van der Waals surface area contributed by atoms with Gasteiger partial charge in [0, 0.05) is 11.6 Å². The molecule has 0 aliphatic carbocycles. The van der Waals surface area contributed by atoms with Gasteiger partial charge in [0.1, 0.15) is 5.01 Å². The Balaban J connectivity index is 1.50. The maximum atomic E-state index is 12.3. The van der Waals surface area contributed by atoms with Crippen LogP contribution in [-0.4, -0.2) is 21.3 Å². The largest absolute Gasteiger partial charge is 0.355 e. The van der Waals surface area contributed by atoms with Gasteiger partial charge < -0.3 is 4.52 Å². The van der Waals surface area contributed by atoms with E-state index in [0.29, 0.717) is 10.9 Å². The molecule has 0 aliphatic rings. The van der Waals surface area contributed by atoms with E-state index in [9.17, 15) is 4.79 Å². The summed E-state index contributed by atoms with van der Waals surface area (Å²) in [5, 5.41) is 17.7. The molecule has 0 saturated carbocycles.